The topological polar surface area (TPSA) is 73.9 Å². The Morgan fingerprint density at radius 2 is 1.79 bits per heavy atom. The fraction of sp³-hybridized carbons (Fsp3) is 0.360. The summed E-state index contributed by atoms with van der Waals surface area (Å²) < 4.78 is 19.2. The highest BCUT2D eigenvalue weighted by molar-refractivity contribution is 5.95. The Balaban J connectivity index is 1.54. The Morgan fingerprint density at radius 1 is 1.09 bits per heavy atom. The van der Waals surface area contributed by atoms with Crippen LogP contribution in [0, 0.1) is 5.82 Å². The minimum absolute atomic E-state index is 0.232. The Kier molecular flexibility index (Phi) is 6.93. The second kappa shape index (κ2) is 10.0. The van der Waals surface area contributed by atoms with Crippen molar-refractivity contribution in [2.24, 2.45) is 0 Å². The molecule has 1 saturated heterocycles. The first-order valence-electron chi connectivity index (χ1n) is 11.2. The van der Waals surface area contributed by atoms with Crippen LogP contribution in [0.2, 0.25) is 0 Å². The maximum absolute atomic E-state index is 14.1. The first kappa shape index (κ1) is 22.8. The van der Waals surface area contributed by atoms with Crippen LogP contribution >= 0.6 is 0 Å². The van der Waals surface area contributed by atoms with E-state index in [2.05, 4.69) is 22.5 Å². The Hall–Kier alpha value is -3.39. The molecule has 0 saturated carbocycles. The molecule has 4 rings (SSSR count). The summed E-state index contributed by atoms with van der Waals surface area (Å²) in [6.07, 6.45) is 0.905. The molecule has 2 heterocycles. The zero-order valence-corrected chi connectivity index (χ0v) is 18.9. The number of benzene rings is 2. The number of esters is 1. The fourth-order valence-corrected chi connectivity index (χ4v) is 4.37. The van der Waals surface area contributed by atoms with Gasteiger partial charge >= 0.3 is 12.0 Å². The van der Waals surface area contributed by atoms with Gasteiger partial charge in [-0.25, -0.2) is 14.0 Å². The molecule has 2 aliphatic rings. The smallest absolute Gasteiger partial charge is 0.338 e. The van der Waals surface area contributed by atoms with Crippen molar-refractivity contribution in [2.45, 2.75) is 19.4 Å². The lowest BCUT2D eigenvalue weighted by Crippen LogP contribution is -2.51. The van der Waals surface area contributed by atoms with Gasteiger partial charge in [0.15, 0.2) is 0 Å². The lowest BCUT2D eigenvalue weighted by atomic mass is 9.94. The normalized spacial score (nSPS) is 19.2. The molecule has 0 radical (unpaired) electrons. The number of hydrogen-bond donors (Lipinski definition) is 2. The maximum atomic E-state index is 14.1. The average molecular weight is 453 g/mol. The number of aryl methyl sites for hydroxylation is 1. The zero-order chi connectivity index (χ0) is 23.4. The molecule has 0 unspecified atom stereocenters. The summed E-state index contributed by atoms with van der Waals surface area (Å²) in [4.78, 5) is 29.4. The van der Waals surface area contributed by atoms with Crippen LogP contribution < -0.4 is 15.5 Å². The van der Waals surface area contributed by atoms with Gasteiger partial charge in [-0.1, -0.05) is 43.3 Å². The van der Waals surface area contributed by atoms with Crippen molar-refractivity contribution < 1.29 is 18.7 Å². The van der Waals surface area contributed by atoms with Gasteiger partial charge in [0.2, 0.25) is 0 Å². The molecule has 0 aliphatic carbocycles. The van der Waals surface area contributed by atoms with E-state index in [0.29, 0.717) is 49.7 Å². The second-order valence-electron chi connectivity index (χ2n) is 8.23. The van der Waals surface area contributed by atoms with E-state index in [1.165, 1.54) is 18.7 Å². The summed E-state index contributed by atoms with van der Waals surface area (Å²) in [6, 6.07) is 13.7. The fourth-order valence-electron chi connectivity index (χ4n) is 4.37. The number of anilines is 1. The molecule has 7 nitrogen and oxygen atoms in total. The highest BCUT2D eigenvalue weighted by Gasteiger charge is 2.34. The molecule has 1 fully saturated rings. The third-order valence-electron chi connectivity index (χ3n) is 6.23. The molecule has 174 valence electrons. The third kappa shape index (κ3) is 5.01. The van der Waals surface area contributed by atoms with Crippen molar-refractivity contribution in [3.63, 3.8) is 0 Å². The number of para-hydroxylation sites is 1. The van der Waals surface area contributed by atoms with Gasteiger partial charge in [0, 0.05) is 38.4 Å². The second-order valence-corrected chi connectivity index (χ2v) is 8.23. The van der Waals surface area contributed by atoms with E-state index in [1.807, 2.05) is 35.2 Å². The lowest BCUT2D eigenvalue weighted by Gasteiger charge is -2.38. The van der Waals surface area contributed by atoms with Gasteiger partial charge in [-0.3, -0.25) is 4.90 Å². The Morgan fingerprint density at radius 3 is 2.42 bits per heavy atom. The molecule has 2 amide bonds. The number of carbonyl (C=O) groups is 2. The van der Waals surface area contributed by atoms with Crippen molar-refractivity contribution in [1.29, 1.82) is 0 Å². The molecule has 2 aliphatic heterocycles. The van der Waals surface area contributed by atoms with E-state index in [0.717, 1.165) is 12.0 Å². The van der Waals surface area contributed by atoms with Crippen LogP contribution in [-0.4, -0.2) is 56.7 Å². The minimum Gasteiger partial charge on any atom is -0.466 e. The number of nitrogens with zero attached hydrogens (tertiary/aromatic N) is 2. The number of rotatable bonds is 6. The molecule has 2 aromatic rings. The highest BCUT2D eigenvalue weighted by atomic mass is 19.1. The van der Waals surface area contributed by atoms with Gasteiger partial charge in [0.25, 0.3) is 0 Å². The standard InChI is InChI=1S/C25H29FN4O3/c1-3-17-8-10-18(11-9-17)23-22(24(31)33-2)20(27-25(32)28-23)16-29-12-14-30(15-13-29)21-7-5-4-6-19(21)26/h4-11,23H,3,12-16H2,1-2H3,(H2,27,28,32)/t23-/m1/s1. The predicted molar refractivity (Wildman–Crippen MR) is 124 cm³/mol. The number of nitrogens with one attached hydrogen (secondary N) is 2. The van der Waals surface area contributed by atoms with E-state index in [4.69, 9.17) is 4.74 Å². The first-order chi connectivity index (χ1) is 16.0. The molecule has 2 aromatic carbocycles. The molecule has 2 N–H and O–H groups in total. The predicted octanol–water partition coefficient (Wildman–Crippen LogP) is 2.99. The number of halogens is 1. The maximum Gasteiger partial charge on any atom is 0.338 e. The molecule has 0 aromatic heterocycles. The van der Waals surface area contributed by atoms with Crippen LogP contribution in [0.1, 0.15) is 24.1 Å². The highest BCUT2D eigenvalue weighted by Crippen LogP contribution is 2.29. The van der Waals surface area contributed by atoms with Gasteiger partial charge < -0.3 is 20.3 Å². The molecule has 33 heavy (non-hydrogen) atoms. The van der Waals surface area contributed by atoms with E-state index >= 15 is 0 Å². The molecule has 8 heteroatoms. The van der Waals surface area contributed by atoms with Crippen LogP contribution in [0.25, 0.3) is 0 Å². The van der Waals surface area contributed by atoms with Crippen LogP contribution in [-0.2, 0) is 16.0 Å². The number of methoxy groups -OCH3 is 1. The Labute approximate surface area is 193 Å². The van der Waals surface area contributed by atoms with Crippen molar-refractivity contribution >= 4 is 17.7 Å². The molecular formula is C25H29FN4O3. The number of amides is 2. The molecule has 0 bridgehead atoms. The monoisotopic (exact) mass is 452 g/mol. The van der Waals surface area contributed by atoms with E-state index in [9.17, 15) is 14.0 Å². The lowest BCUT2D eigenvalue weighted by molar-refractivity contribution is -0.136. The van der Waals surface area contributed by atoms with Crippen LogP contribution in [0.15, 0.2) is 59.8 Å². The van der Waals surface area contributed by atoms with Crippen molar-refractivity contribution in [3.05, 3.63) is 76.7 Å². The SMILES string of the molecule is CCc1ccc([C@H]2NC(=O)NC(CN3CCN(c4ccccc4F)CC3)=C2C(=O)OC)cc1. The molecule has 1 atom stereocenters. The van der Waals surface area contributed by atoms with Crippen molar-refractivity contribution in [3.8, 4) is 0 Å². The Bertz CT molecular complexity index is 1050. The van der Waals surface area contributed by atoms with Crippen molar-refractivity contribution in [2.75, 3.05) is 44.7 Å². The van der Waals surface area contributed by atoms with Gasteiger partial charge in [0.05, 0.1) is 24.4 Å². The number of urea groups is 1. The van der Waals surface area contributed by atoms with Gasteiger partial charge in [0.1, 0.15) is 5.82 Å². The summed E-state index contributed by atoms with van der Waals surface area (Å²) in [5.41, 5.74) is 3.53. The van der Waals surface area contributed by atoms with Crippen molar-refractivity contribution in [1.82, 2.24) is 15.5 Å². The van der Waals surface area contributed by atoms with Gasteiger partial charge in [-0.05, 0) is 29.7 Å². The van der Waals surface area contributed by atoms with Crippen LogP contribution in [0.4, 0.5) is 14.9 Å². The number of piperazine rings is 1. The van der Waals surface area contributed by atoms with Gasteiger partial charge in [-0.15, -0.1) is 0 Å². The number of ether oxygens (including phenoxy) is 1. The summed E-state index contributed by atoms with van der Waals surface area (Å²) >= 11 is 0. The summed E-state index contributed by atoms with van der Waals surface area (Å²) in [5.74, 6) is -0.712. The number of hydrogen-bond acceptors (Lipinski definition) is 5. The quantitative estimate of drug-likeness (QED) is 0.660. The molecule has 0 spiro atoms. The van der Waals surface area contributed by atoms with Gasteiger partial charge in [-0.2, -0.15) is 0 Å². The third-order valence-corrected chi connectivity index (χ3v) is 6.23. The van der Waals surface area contributed by atoms with Crippen LogP contribution in [0.5, 0.6) is 0 Å². The summed E-state index contributed by atoms with van der Waals surface area (Å²) in [6.45, 7) is 5.11. The van der Waals surface area contributed by atoms with E-state index in [-0.39, 0.29) is 11.8 Å². The average Bonchev–Trinajstić information content (AvgIpc) is 2.84. The summed E-state index contributed by atoms with van der Waals surface area (Å²) in [5, 5.41) is 5.68. The largest absolute Gasteiger partial charge is 0.466 e. The zero-order valence-electron chi connectivity index (χ0n) is 18.9. The van der Waals surface area contributed by atoms with E-state index < -0.39 is 12.0 Å². The van der Waals surface area contributed by atoms with Crippen LogP contribution in [0.3, 0.4) is 0 Å². The minimum atomic E-state index is -0.591. The summed E-state index contributed by atoms with van der Waals surface area (Å²) in [7, 11) is 1.34. The van der Waals surface area contributed by atoms with E-state index in [1.54, 1.807) is 12.1 Å². The first-order valence-corrected chi connectivity index (χ1v) is 11.2. The number of carbonyl (C=O) groups excluding carboxylic acids is 2. The molecular weight excluding hydrogens is 423 g/mol.